The van der Waals surface area contributed by atoms with Gasteiger partial charge in [0.1, 0.15) is 18.2 Å². The fourth-order valence-electron chi connectivity index (χ4n) is 3.71. The van der Waals surface area contributed by atoms with Crippen molar-refractivity contribution in [3.63, 3.8) is 0 Å². The minimum absolute atomic E-state index is 0.00846. The predicted octanol–water partition coefficient (Wildman–Crippen LogP) is 0.882. The lowest BCUT2D eigenvalue weighted by atomic mass is 10.1. The van der Waals surface area contributed by atoms with Crippen molar-refractivity contribution in [3.8, 4) is 0 Å². The van der Waals surface area contributed by atoms with Crippen LogP contribution in [0.25, 0.3) is 0 Å². The second-order valence-corrected chi connectivity index (χ2v) is 9.29. The number of nitrogens with one attached hydrogen (secondary N) is 4. The molecule has 0 radical (unpaired) electrons. The molecule has 0 spiro atoms. The minimum atomic E-state index is -3.81. The van der Waals surface area contributed by atoms with Crippen LogP contribution in [-0.4, -0.2) is 86.8 Å². The highest BCUT2D eigenvalue weighted by Crippen LogP contribution is 2.41. The molecule has 1 aromatic carbocycles. The third-order valence-corrected chi connectivity index (χ3v) is 5.88. The van der Waals surface area contributed by atoms with Crippen LogP contribution in [0.5, 0.6) is 0 Å². The molecular weight excluding hydrogens is 602 g/mol. The Morgan fingerprint density at radius 2 is 1.71 bits per heavy atom. The SMILES string of the molecule is CC.Cc1cccc(NC(=O)CCNCCC(=O)NO)c1.O=CCCC(=O)Nc1ccn(C2OC(CO)C(O)C2(F)F)c(=O)n1. The zero-order valence-corrected chi connectivity index (χ0v) is 25.2. The standard InChI is InChI=1S/C13H15F2N3O6.C13H19N3O3.C2H6/c14-13(15)10(22)7(6-20)24-11(13)18-4-3-8(17-12(18)23)16-9(21)2-1-5-19;1-10-3-2-4-11(9-10)15-12(17)5-7-14-8-6-13(18)16-19;1-2/h3-5,7,10-11,20,22H,1-2,6H2,(H,16,17,21,23);2-4,9,14,19H,5-8H2,1H3,(H,15,17)(H,16,18);1-2H3. The summed E-state index contributed by atoms with van der Waals surface area (Å²) in [7, 11) is 0. The molecule has 0 aliphatic carbocycles. The van der Waals surface area contributed by atoms with Crippen LogP contribution in [0.15, 0.2) is 41.3 Å². The number of carbonyl (C=O) groups is 4. The maximum absolute atomic E-state index is 14.0. The molecule has 15 nitrogen and oxygen atoms in total. The first-order valence-electron chi connectivity index (χ1n) is 14.1. The lowest BCUT2D eigenvalue weighted by Crippen LogP contribution is -2.41. The number of hydroxylamine groups is 1. The van der Waals surface area contributed by atoms with Crippen LogP contribution in [0.3, 0.4) is 0 Å². The van der Waals surface area contributed by atoms with E-state index in [0.717, 1.165) is 23.5 Å². The number of nitrogens with zero attached hydrogens (tertiary/aromatic N) is 2. The first-order valence-corrected chi connectivity index (χ1v) is 14.1. The van der Waals surface area contributed by atoms with Crippen LogP contribution in [0.1, 0.15) is 51.3 Å². The van der Waals surface area contributed by atoms with E-state index in [-0.39, 0.29) is 31.0 Å². The summed E-state index contributed by atoms with van der Waals surface area (Å²) in [4.78, 5) is 59.2. The molecule has 17 heteroatoms. The molecule has 0 saturated carbocycles. The van der Waals surface area contributed by atoms with Crippen molar-refractivity contribution in [1.82, 2.24) is 20.3 Å². The van der Waals surface area contributed by atoms with E-state index < -0.39 is 48.5 Å². The Hall–Kier alpha value is -4.16. The molecular formula is C28H40F2N6O9. The third-order valence-electron chi connectivity index (χ3n) is 5.88. The van der Waals surface area contributed by atoms with Gasteiger partial charge in [-0.1, -0.05) is 26.0 Å². The molecule has 3 amide bonds. The van der Waals surface area contributed by atoms with Gasteiger partial charge in [0.15, 0.2) is 6.10 Å². The Kier molecular flexibility index (Phi) is 17.3. The van der Waals surface area contributed by atoms with E-state index in [2.05, 4.69) is 20.9 Å². The zero-order valence-electron chi connectivity index (χ0n) is 25.2. The number of ether oxygens (including phenoxy) is 1. The molecule has 0 bridgehead atoms. The van der Waals surface area contributed by atoms with E-state index in [1.807, 2.05) is 45.0 Å². The molecule has 3 rings (SSSR count). The number of aliphatic hydroxyl groups excluding tert-OH is 2. The first kappa shape index (κ1) is 38.9. The van der Waals surface area contributed by atoms with Crippen LogP contribution in [0.2, 0.25) is 0 Å². The van der Waals surface area contributed by atoms with E-state index in [9.17, 15) is 37.9 Å². The number of carbonyl (C=O) groups excluding carboxylic acids is 4. The van der Waals surface area contributed by atoms with Crippen molar-refractivity contribution in [2.24, 2.45) is 0 Å². The Labute approximate surface area is 258 Å². The number of halogens is 2. The number of anilines is 2. The van der Waals surface area contributed by atoms with Crippen LogP contribution in [0.4, 0.5) is 20.3 Å². The Bertz CT molecular complexity index is 1310. The summed E-state index contributed by atoms with van der Waals surface area (Å²) in [6.45, 7) is 6.02. The lowest BCUT2D eigenvalue weighted by Gasteiger charge is -2.21. The van der Waals surface area contributed by atoms with Gasteiger partial charge in [0.2, 0.25) is 23.9 Å². The quantitative estimate of drug-likeness (QED) is 0.0703. The van der Waals surface area contributed by atoms with Crippen molar-refractivity contribution in [2.45, 2.75) is 70.8 Å². The van der Waals surface area contributed by atoms with E-state index in [1.165, 1.54) is 0 Å². The van der Waals surface area contributed by atoms with Gasteiger partial charge >= 0.3 is 11.6 Å². The highest BCUT2D eigenvalue weighted by Gasteiger charge is 2.59. The molecule has 7 N–H and O–H groups in total. The van der Waals surface area contributed by atoms with E-state index >= 15 is 0 Å². The number of aromatic nitrogens is 2. The molecule has 2 heterocycles. The number of rotatable bonds is 13. The van der Waals surface area contributed by atoms with Gasteiger partial charge in [-0.05, 0) is 30.7 Å². The van der Waals surface area contributed by atoms with Gasteiger partial charge in [-0.15, -0.1) is 0 Å². The maximum atomic E-state index is 14.0. The van der Waals surface area contributed by atoms with Crippen molar-refractivity contribution < 1.29 is 48.1 Å². The van der Waals surface area contributed by atoms with Crippen molar-refractivity contribution in [3.05, 3.63) is 52.6 Å². The van der Waals surface area contributed by atoms with Gasteiger partial charge in [0.25, 0.3) is 0 Å². The van der Waals surface area contributed by atoms with Crippen LogP contribution in [0, 0.1) is 6.92 Å². The van der Waals surface area contributed by atoms with E-state index in [4.69, 9.17) is 15.1 Å². The topological polar surface area (TPSA) is 221 Å². The molecule has 3 atom stereocenters. The van der Waals surface area contributed by atoms with Gasteiger partial charge < -0.3 is 35.7 Å². The highest BCUT2D eigenvalue weighted by atomic mass is 19.3. The molecule has 45 heavy (non-hydrogen) atoms. The molecule has 1 fully saturated rings. The molecule has 1 aliphatic rings. The Morgan fingerprint density at radius 1 is 1.07 bits per heavy atom. The number of hydrogen-bond donors (Lipinski definition) is 7. The monoisotopic (exact) mass is 642 g/mol. The molecule has 1 aromatic heterocycles. The average Bonchev–Trinajstić information content (AvgIpc) is 3.24. The fourth-order valence-corrected chi connectivity index (χ4v) is 3.71. The molecule has 3 unspecified atom stereocenters. The summed E-state index contributed by atoms with van der Waals surface area (Å²) >= 11 is 0. The summed E-state index contributed by atoms with van der Waals surface area (Å²) in [5.41, 5.74) is 2.28. The molecule has 1 saturated heterocycles. The first-order chi connectivity index (χ1) is 21.4. The molecule has 1 aliphatic heterocycles. The van der Waals surface area contributed by atoms with Crippen molar-refractivity contribution in [2.75, 3.05) is 30.3 Å². The fraction of sp³-hybridized carbons (Fsp3) is 0.500. The van der Waals surface area contributed by atoms with Gasteiger partial charge in [-0.3, -0.25) is 24.2 Å². The van der Waals surface area contributed by atoms with E-state index in [1.54, 1.807) is 5.48 Å². The Morgan fingerprint density at radius 3 is 2.27 bits per heavy atom. The van der Waals surface area contributed by atoms with Crippen LogP contribution >= 0.6 is 0 Å². The maximum Gasteiger partial charge on any atom is 0.351 e. The third kappa shape index (κ3) is 12.8. The largest absolute Gasteiger partial charge is 0.394 e. The van der Waals surface area contributed by atoms with E-state index in [0.29, 0.717) is 30.4 Å². The average molecular weight is 643 g/mol. The number of amides is 3. The summed E-state index contributed by atoms with van der Waals surface area (Å²) in [6, 6.07) is 8.68. The number of aryl methyl sites for hydroxylation is 1. The van der Waals surface area contributed by atoms with Gasteiger partial charge in [0, 0.05) is 50.7 Å². The number of alkyl halides is 2. The molecule has 250 valence electrons. The van der Waals surface area contributed by atoms with Crippen molar-refractivity contribution in [1.29, 1.82) is 0 Å². The smallest absolute Gasteiger partial charge is 0.351 e. The molecule has 2 aromatic rings. The number of aldehydes is 1. The van der Waals surface area contributed by atoms with Crippen LogP contribution in [-0.2, 0) is 23.9 Å². The summed E-state index contributed by atoms with van der Waals surface area (Å²) in [5, 5.41) is 34.6. The predicted molar refractivity (Wildman–Crippen MR) is 158 cm³/mol. The number of aliphatic hydroxyl groups is 2. The normalized spacial score (nSPS) is 17.9. The van der Waals surface area contributed by atoms with Gasteiger partial charge in [-0.25, -0.2) is 10.3 Å². The Balaban J connectivity index is 0.000000438. The van der Waals surface area contributed by atoms with Crippen LogP contribution < -0.4 is 27.1 Å². The zero-order chi connectivity index (χ0) is 34.0. The minimum Gasteiger partial charge on any atom is -0.394 e. The summed E-state index contributed by atoms with van der Waals surface area (Å²) in [5.74, 6) is -5.08. The second-order valence-electron chi connectivity index (χ2n) is 9.29. The second kappa shape index (κ2) is 20.0. The lowest BCUT2D eigenvalue weighted by molar-refractivity contribution is -0.141. The number of benzene rings is 1. The van der Waals surface area contributed by atoms with Crippen molar-refractivity contribution >= 4 is 35.5 Å². The highest BCUT2D eigenvalue weighted by molar-refractivity contribution is 5.91. The van der Waals surface area contributed by atoms with Gasteiger partial charge in [-0.2, -0.15) is 13.8 Å². The number of hydrogen-bond acceptors (Lipinski definition) is 11. The summed E-state index contributed by atoms with van der Waals surface area (Å²) in [6.07, 6.45) is -4.09. The van der Waals surface area contributed by atoms with Gasteiger partial charge in [0.05, 0.1) is 6.61 Å². The summed E-state index contributed by atoms with van der Waals surface area (Å²) < 4.78 is 33.2.